The average Bonchev–Trinajstić information content (AvgIpc) is 2.55. The fraction of sp³-hybridized carbons (Fsp3) is 0.682. The summed E-state index contributed by atoms with van der Waals surface area (Å²) in [5, 5.41) is 8.58. The van der Waals surface area contributed by atoms with Gasteiger partial charge in [0.15, 0.2) is 0 Å². The Balaban J connectivity index is 3.70. The molecule has 0 aromatic heterocycles. The number of carboxylic acid groups (broad SMARTS) is 1. The van der Waals surface area contributed by atoms with Crippen molar-refractivity contribution in [2.75, 3.05) is 0 Å². The van der Waals surface area contributed by atoms with E-state index < -0.39 is 5.97 Å². The van der Waals surface area contributed by atoms with E-state index >= 15 is 0 Å². The molecule has 1 N–H and O–H groups in total. The minimum atomic E-state index is -0.701. The van der Waals surface area contributed by atoms with E-state index in [1.807, 2.05) is 0 Å². The lowest BCUT2D eigenvalue weighted by molar-refractivity contribution is -0.137. The molecule has 0 aromatic carbocycles. The lowest BCUT2D eigenvalue weighted by Crippen LogP contribution is -2.05. The number of carboxylic acids is 1. The van der Waals surface area contributed by atoms with Gasteiger partial charge in [-0.15, -0.1) is 0 Å². The van der Waals surface area contributed by atoms with Crippen LogP contribution in [0.5, 0.6) is 0 Å². The van der Waals surface area contributed by atoms with Gasteiger partial charge in [-0.25, -0.2) is 0 Å². The van der Waals surface area contributed by atoms with E-state index in [0.717, 1.165) is 32.1 Å². The third-order valence-electron chi connectivity index (χ3n) is 4.50. The van der Waals surface area contributed by atoms with Crippen LogP contribution in [-0.2, 0) is 4.79 Å². The summed E-state index contributed by atoms with van der Waals surface area (Å²) < 4.78 is 0. The molecule has 0 spiro atoms. The first-order valence-electron chi connectivity index (χ1n) is 9.74. The lowest BCUT2D eigenvalue weighted by Gasteiger charge is -2.16. The summed E-state index contributed by atoms with van der Waals surface area (Å²) >= 11 is 0. The second kappa shape index (κ2) is 16.5. The van der Waals surface area contributed by atoms with Crippen LogP contribution < -0.4 is 0 Å². The van der Waals surface area contributed by atoms with Gasteiger partial charge in [0.25, 0.3) is 0 Å². The highest BCUT2D eigenvalue weighted by atomic mass is 16.4. The van der Waals surface area contributed by atoms with E-state index in [-0.39, 0.29) is 6.42 Å². The fourth-order valence-electron chi connectivity index (χ4n) is 2.48. The second-order valence-electron chi connectivity index (χ2n) is 6.86. The maximum atomic E-state index is 10.4. The van der Waals surface area contributed by atoms with Gasteiger partial charge in [0.2, 0.25) is 0 Å². The van der Waals surface area contributed by atoms with Gasteiger partial charge in [-0.3, -0.25) is 4.79 Å². The minimum Gasteiger partial charge on any atom is -0.481 e. The molecule has 0 aliphatic carbocycles. The van der Waals surface area contributed by atoms with E-state index in [4.69, 9.17) is 5.11 Å². The molecule has 24 heavy (non-hydrogen) atoms. The number of hydrogen-bond acceptors (Lipinski definition) is 1. The van der Waals surface area contributed by atoms with Crippen LogP contribution in [0, 0.1) is 11.8 Å². The van der Waals surface area contributed by atoms with E-state index in [9.17, 15) is 4.79 Å². The monoisotopic (exact) mass is 334 g/mol. The number of hydrogen-bond donors (Lipinski definition) is 1. The number of unbranched alkanes of at least 4 members (excludes halogenated alkanes) is 4. The number of allylic oxidation sites excluding steroid dienone is 6. The number of aliphatic carboxylic acids is 1. The smallest absolute Gasteiger partial charge is 0.303 e. The summed E-state index contributed by atoms with van der Waals surface area (Å²) in [7, 11) is 0. The van der Waals surface area contributed by atoms with Crippen LogP contribution in [0.3, 0.4) is 0 Å². The molecule has 0 amide bonds. The summed E-state index contributed by atoms with van der Waals surface area (Å²) in [5.41, 5.74) is 0. The highest BCUT2D eigenvalue weighted by Gasteiger charge is 2.08. The van der Waals surface area contributed by atoms with Crippen molar-refractivity contribution in [3.05, 3.63) is 36.5 Å². The summed E-state index contributed by atoms with van der Waals surface area (Å²) in [5.74, 6) is 0.640. The average molecular weight is 335 g/mol. The molecule has 0 aliphatic heterocycles. The molecule has 0 heterocycles. The normalized spacial score (nSPS) is 14.8. The van der Waals surface area contributed by atoms with E-state index in [1.165, 1.54) is 25.7 Å². The Morgan fingerprint density at radius 1 is 0.833 bits per heavy atom. The second-order valence-corrected chi connectivity index (χ2v) is 6.86. The first-order valence-corrected chi connectivity index (χ1v) is 9.74. The van der Waals surface area contributed by atoms with Crippen LogP contribution in [0.1, 0.15) is 85.0 Å². The molecule has 2 nitrogen and oxygen atoms in total. The lowest BCUT2D eigenvalue weighted by atomic mass is 9.90. The third kappa shape index (κ3) is 15.6. The molecule has 2 unspecified atom stereocenters. The molecule has 2 atom stereocenters. The van der Waals surface area contributed by atoms with Crippen molar-refractivity contribution >= 4 is 5.97 Å². The van der Waals surface area contributed by atoms with Gasteiger partial charge in [-0.2, -0.15) is 0 Å². The molecule has 0 aromatic rings. The summed E-state index contributed by atoms with van der Waals surface area (Å²) in [6, 6.07) is 0. The van der Waals surface area contributed by atoms with Crippen molar-refractivity contribution in [1.82, 2.24) is 0 Å². The summed E-state index contributed by atoms with van der Waals surface area (Å²) in [6.07, 6.45) is 23.8. The van der Waals surface area contributed by atoms with E-state index in [0.29, 0.717) is 11.8 Å². The Kier molecular flexibility index (Phi) is 15.6. The zero-order valence-corrected chi connectivity index (χ0v) is 16.0. The predicted octanol–water partition coefficient (Wildman–Crippen LogP) is 6.93. The van der Waals surface area contributed by atoms with Crippen molar-refractivity contribution in [1.29, 1.82) is 0 Å². The number of rotatable bonds is 15. The van der Waals surface area contributed by atoms with Crippen molar-refractivity contribution in [2.45, 2.75) is 85.0 Å². The Morgan fingerprint density at radius 2 is 1.38 bits per heavy atom. The Bertz CT molecular complexity index is 379. The molecule has 0 saturated heterocycles. The topological polar surface area (TPSA) is 37.3 Å². The molecule has 2 heteroatoms. The quantitative estimate of drug-likeness (QED) is 0.260. The molecule has 0 bridgehead atoms. The van der Waals surface area contributed by atoms with Crippen molar-refractivity contribution < 1.29 is 9.90 Å². The maximum absolute atomic E-state index is 10.4. The molecule has 0 fully saturated rings. The number of carbonyl (C=O) groups is 1. The van der Waals surface area contributed by atoms with Crippen LogP contribution in [0.4, 0.5) is 0 Å². The summed E-state index contributed by atoms with van der Waals surface area (Å²) in [6.45, 7) is 6.85. The van der Waals surface area contributed by atoms with Gasteiger partial charge in [0.05, 0.1) is 0 Å². The van der Waals surface area contributed by atoms with Crippen molar-refractivity contribution in [2.24, 2.45) is 11.8 Å². The standard InChI is InChI=1S/C22H38O2/c1-4-5-6-7-8-9-10-11-14-17-20(2)21(3)18-15-12-13-16-19-22(23)24/h8-9,11-12,14-15,20-21H,4-7,10,13,16-19H2,1-3H3,(H,23,24). The van der Waals surface area contributed by atoms with Gasteiger partial charge < -0.3 is 5.11 Å². The van der Waals surface area contributed by atoms with Gasteiger partial charge in [-0.1, -0.05) is 70.1 Å². The maximum Gasteiger partial charge on any atom is 0.303 e. The van der Waals surface area contributed by atoms with Crippen LogP contribution in [0.15, 0.2) is 36.5 Å². The molecule has 0 radical (unpaired) electrons. The van der Waals surface area contributed by atoms with Gasteiger partial charge in [0, 0.05) is 6.42 Å². The predicted molar refractivity (Wildman–Crippen MR) is 105 cm³/mol. The molecule has 0 saturated carbocycles. The van der Waals surface area contributed by atoms with Crippen LogP contribution in [0.2, 0.25) is 0 Å². The highest BCUT2D eigenvalue weighted by Crippen LogP contribution is 2.19. The SMILES string of the molecule is CCCCCC=CCC=CCC(C)C(C)CC=CCCCC(=O)O. The van der Waals surface area contributed by atoms with Crippen molar-refractivity contribution in [3.8, 4) is 0 Å². The third-order valence-corrected chi connectivity index (χ3v) is 4.50. The molecular formula is C22H38O2. The van der Waals surface area contributed by atoms with Gasteiger partial charge in [-0.05, 0) is 56.8 Å². The zero-order valence-electron chi connectivity index (χ0n) is 16.0. The van der Waals surface area contributed by atoms with E-state index in [2.05, 4.69) is 57.2 Å². The zero-order chi connectivity index (χ0) is 18.0. The van der Waals surface area contributed by atoms with Crippen LogP contribution in [0.25, 0.3) is 0 Å². The molecule has 0 rings (SSSR count). The Morgan fingerprint density at radius 3 is 2.00 bits per heavy atom. The van der Waals surface area contributed by atoms with Crippen LogP contribution in [-0.4, -0.2) is 11.1 Å². The van der Waals surface area contributed by atoms with E-state index in [1.54, 1.807) is 0 Å². The van der Waals surface area contributed by atoms with Crippen LogP contribution >= 0.6 is 0 Å². The first-order chi connectivity index (χ1) is 11.6. The Hall–Kier alpha value is -1.31. The summed E-state index contributed by atoms with van der Waals surface area (Å²) in [4.78, 5) is 10.4. The van der Waals surface area contributed by atoms with Crippen molar-refractivity contribution in [3.63, 3.8) is 0 Å². The van der Waals surface area contributed by atoms with Gasteiger partial charge >= 0.3 is 5.97 Å². The van der Waals surface area contributed by atoms with Gasteiger partial charge in [0.1, 0.15) is 0 Å². The molecule has 138 valence electrons. The Labute approximate surface area is 149 Å². The fourth-order valence-corrected chi connectivity index (χ4v) is 2.48. The largest absolute Gasteiger partial charge is 0.481 e. The first kappa shape index (κ1) is 22.7. The highest BCUT2D eigenvalue weighted by molar-refractivity contribution is 5.66. The minimum absolute atomic E-state index is 0.272. The molecular weight excluding hydrogens is 296 g/mol. The molecule has 0 aliphatic rings.